The summed E-state index contributed by atoms with van der Waals surface area (Å²) in [6, 6.07) is 13.7. The van der Waals surface area contributed by atoms with E-state index in [1.54, 1.807) is 34.7 Å². The molecule has 0 unspecified atom stereocenters. The Morgan fingerprint density at radius 2 is 1.71 bits per heavy atom. The number of amides is 1. The average Bonchev–Trinajstić information content (AvgIpc) is 3.34. The number of nitrogens with zero attached hydrogens (tertiary/aromatic N) is 5. The third-order valence-electron chi connectivity index (χ3n) is 4.90. The molecular formula is C23H23FN6O. The lowest BCUT2D eigenvalue weighted by atomic mass is 10.1. The molecule has 2 aromatic heterocycles. The number of nitrogens with one attached hydrogen (secondary N) is 1. The average molecular weight is 418 g/mol. The molecule has 0 bridgehead atoms. The number of hydrogen-bond donors (Lipinski definition) is 1. The van der Waals surface area contributed by atoms with Gasteiger partial charge in [0.2, 0.25) is 5.95 Å². The Morgan fingerprint density at radius 3 is 2.32 bits per heavy atom. The SMILES string of the molecule is Cc1ccc(-c2nn(-c3ccc(F)cc3)cc2C(=O)Nc2nc(C(C)C)nn2C)cc1. The van der Waals surface area contributed by atoms with Crippen LogP contribution in [0.15, 0.2) is 54.7 Å². The predicted molar refractivity (Wildman–Crippen MR) is 117 cm³/mol. The zero-order valence-corrected chi connectivity index (χ0v) is 17.8. The first-order valence-corrected chi connectivity index (χ1v) is 9.96. The van der Waals surface area contributed by atoms with Crippen LogP contribution in [0.3, 0.4) is 0 Å². The summed E-state index contributed by atoms with van der Waals surface area (Å²) in [7, 11) is 1.73. The zero-order valence-electron chi connectivity index (χ0n) is 17.8. The summed E-state index contributed by atoms with van der Waals surface area (Å²) >= 11 is 0. The molecule has 7 nitrogen and oxygen atoms in total. The number of rotatable bonds is 5. The normalized spacial score (nSPS) is 11.2. The topological polar surface area (TPSA) is 77.6 Å². The van der Waals surface area contributed by atoms with E-state index in [2.05, 4.69) is 20.5 Å². The molecule has 0 saturated heterocycles. The van der Waals surface area contributed by atoms with Crippen molar-refractivity contribution in [2.75, 3.05) is 5.32 Å². The van der Waals surface area contributed by atoms with Crippen molar-refractivity contribution in [2.24, 2.45) is 7.05 Å². The monoisotopic (exact) mass is 418 g/mol. The van der Waals surface area contributed by atoms with Crippen LogP contribution in [-0.4, -0.2) is 30.5 Å². The van der Waals surface area contributed by atoms with Crippen molar-refractivity contribution in [3.8, 4) is 16.9 Å². The maximum atomic E-state index is 13.3. The Balaban J connectivity index is 1.75. The van der Waals surface area contributed by atoms with E-state index >= 15 is 0 Å². The van der Waals surface area contributed by atoms with Crippen LogP contribution in [0.5, 0.6) is 0 Å². The largest absolute Gasteiger partial charge is 0.290 e. The van der Waals surface area contributed by atoms with Crippen LogP contribution in [0, 0.1) is 12.7 Å². The van der Waals surface area contributed by atoms with E-state index in [4.69, 9.17) is 0 Å². The molecule has 158 valence electrons. The Hall–Kier alpha value is -3.81. The number of halogens is 1. The predicted octanol–water partition coefficient (Wildman–Crippen LogP) is 4.49. The highest BCUT2D eigenvalue weighted by atomic mass is 19.1. The lowest BCUT2D eigenvalue weighted by Gasteiger charge is -2.04. The van der Waals surface area contributed by atoms with Crippen molar-refractivity contribution in [3.05, 3.63) is 77.5 Å². The van der Waals surface area contributed by atoms with Crippen molar-refractivity contribution in [1.29, 1.82) is 0 Å². The summed E-state index contributed by atoms with van der Waals surface area (Å²) in [5, 5.41) is 11.8. The van der Waals surface area contributed by atoms with Gasteiger partial charge in [0.1, 0.15) is 11.5 Å². The molecule has 8 heteroatoms. The smallest absolute Gasteiger partial charge is 0.261 e. The van der Waals surface area contributed by atoms with Gasteiger partial charge < -0.3 is 0 Å². The van der Waals surface area contributed by atoms with E-state index in [0.717, 1.165) is 11.1 Å². The van der Waals surface area contributed by atoms with Gasteiger partial charge in [0.15, 0.2) is 5.82 Å². The molecular weight excluding hydrogens is 395 g/mol. The summed E-state index contributed by atoms with van der Waals surface area (Å²) in [5.41, 5.74) is 3.45. The highest BCUT2D eigenvalue weighted by molar-refractivity contribution is 6.07. The summed E-state index contributed by atoms with van der Waals surface area (Å²) in [6.07, 6.45) is 1.64. The third-order valence-corrected chi connectivity index (χ3v) is 4.90. The first-order chi connectivity index (χ1) is 14.8. The van der Waals surface area contributed by atoms with Crippen LogP contribution in [0.25, 0.3) is 16.9 Å². The molecule has 0 aliphatic rings. The molecule has 0 radical (unpaired) electrons. The molecule has 2 heterocycles. The second-order valence-electron chi connectivity index (χ2n) is 7.70. The van der Waals surface area contributed by atoms with Crippen LogP contribution in [-0.2, 0) is 7.05 Å². The minimum absolute atomic E-state index is 0.140. The zero-order chi connectivity index (χ0) is 22.1. The van der Waals surface area contributed by atoms with Crippen LogP contribution in [0.4, 0.5) is 10.3 Å². The number of benzene rings is 2. The van der Waals surface area contributed by atoms with Gasteiger partial charge in [-0.2, -0.15) is 15.2 Å². The number of anilines is 1. The molecule has 4 rings (SSSR count). The lowest BCUT2D eigenvalue weighted by molar-refractivity contribution is 0.102. The molecule has 1 N–H and O–H groups in total. The molecule has 2 aromatic carbocycles. The van der Waals surface area contributed by atoms with E-state index in [-0.39, 0.29) is 17.6 Å². The van der Waals surface area contributed by atoms with Gasteiger partial charge in [0, 0.05) is 24.7 Å². The summed E-state index contributed by atoms with van der Waals surface area (Å²) in [6.45, 7) is 5.97. The maximum Gasteiger partial charge on any atom is 0.261 e. The number of hydrogen-bond acceptors (Lipinski definition) is 4. The second-order valence-corrected chi connectivity index (χ2v) is 7.70. The first kappa shape index (κ1) is 20.5. The van der Waals surface area contributed by atoms with Gasteiger partial charge in [0.25, 0.3) is 5.91 Å². The van der Waals surface area contributed by atoms with Gasteiger partial charge in [0.05, 0.1) is 11.3 Å². The van der Waals surface area contributed by atoms with Crippen LogP contribution in [0.1, 0.15) is 41.5 Å². The molecule has 0 atom stereocenters. The van der Waals surface area contributed by atoms with Crippen molar-refractivity contribution in [2.45, 2.75) is 26.7 Å². The van der Waals surface area contributed by atoms with Gasteiger partial charge in [-0.1, -0.05) is 43.7 Å². The van der Waals surface area contributed by atoms with Crippen LogP contribution in [0.2, 0.25) is 0 Å². The third kappa shape index (κ3) is 4.23. The van der Waals surface area contributed by atoms with E-state index in [1.165, 1.54) is 12.1 Å². The fourth-order valence-electron chi connectivity index (χ4n) is 3.12. The van der Waals surface area contributed by atoms with Gasteiger partial charge in [-0.3, -0.25) is 10.1 Å². The van der Waals surface area contributed by atoms with Gasteiger partial charge in [-0.25, -0.2) is 13.8 Å². The molecule has 0 saturated carbocycles. The molecule has 1 amide bonds. The number of aromatic nitrogens is 5. The Kier molecular flexibility index (Phi) is 5.37. The molecule has 0 aliphatic carbocycles. The Labute approximate surface area is 179 Å². The van der Waals surface area contributed by atoms with Crippen LogP contribution >= 0.6 is 0 Å². The second kappa shape index (κ2) is 8.14. The van der Waals surface area contributed by atoms with Crippen molar-refractivity contribution >= 4 is 11.9 Å². The lowest BCUT2D eigenvalue weighted by Crippen LogP contribution is -2.15. The minimum Gasteiger partial charge on any atom is -0.290 e. The molecule has 0 aliphatic heterocycles. The van der Waals surface area contributed by atoms with E-state index in [9.17, 15) is 9.18 Å². The maximum absolute atomic E-state index is 13.3. The minimum atomic E-state index is -0.352. The molecule has 0 fully saturated rings. The Morgan fingerprint density at radius 1 is 1.03 bits per heavy atom. The van der Waals surface area contributed by atoms with E-state index in [0.29, 0.717) is 28.7 Å². The van der Waals surface area contributed by atoms with Crippen molar-refractivity contribution in [3.63, 3.8) is 0 Å². The van der Waals surface area contributed by atoms with Crippen LogP contribution < -0.4 is 5.32 Å². The summed E-state index contributed by atoms with van der Waals surface area (Å²) in [5.74, 6) is 0.462. The summed E-state index contributed by atoms with van der Waals surface area (Å²) < 4.78 is 16.5. The highest BCUT2D eigenvalue weighted by Gasteiger charge is 2.21. The van der Waals surface area contributed by atoms with Crippen molar-refractivity contribution in [1.82, 2.24) is 24.5 Å². The number of carbonyl (C=O) groups excluding carboxylic acids is 1. The van der Waals surface area contributed by atoms with E-state index in [1.807, 2.05) is 45.0 Å². The molecule has 0 spiro atoms. The van der Waals surface area contributed by atoms with Gasteiger partial charge in [-0.15, -0.1) is 0 Å². The number of carbonyl (C=O) groups is 1. The van der Waals surface area contributed by atoms with Gasteiger partial charge >= 0.3 is 0 Å². The van der Waals surface area contributed by atoms with Gasteiger partial charge in [-0.05, 0) is 31.2 Å². The fraction of sp³-hybridized carbons (Fsp3) is 0.217. The number of aryl methyl sites for hydroxylation is 2. The van der Waals surface area contributed by atoms with Crippen molar-refractivity contribution < 1.29 is 9.18 Å². The highest BCUT2D eigenvalue weighted by Crippen LogP contribution is 2.25. The molecule has 31 heavy (non-hydrogen) atoms. The first-order valence-electron chi connectivity index (χ1n) is 9.96. The standard InChI is InChI=1S/C23H23FN6O/c1-14(2)21-25-23(29(4)28-21)26-22(31)19-13-30(18-11-9-17(24)10-12-18)27-20(19)16-7-5-15(3)6-8-16/h5-14H,1-4H3,(H,25,26,28,31). The van der Waals surface area contributed by atoms with E-state index < -0.39 is 0 Å². The quantitative estimate of drug-likeness (QED) is 0.518. The summed E-state index contributed by atoms with van der Waals surface area (Å²) in [4.78, 5) is 17.6. The fourth-order valence-corrected chi connectivity index (χ4v) is 3.12. The molecule has 4 aromatic rings. The Bertz CT molecular complexity index is 1220.